The Morgan fingerprint density at radius 1 is 1.44 bits per heavy atom. The Hall–Kier alpha value is -0.800. The second-order valence-electron chi connectivity index (χ2n) is 4.04. The molecule has 0 saturated heterocycles. The lowest BCUT2D eigenvalue weighted by atomic mass is 10.3. The molecule has 3 nitrogen and oxygen atoms in total. The zero-order chi connectivity index (χ0) is 11.2. The molecule has 1 aromatic heterocycles. The molecule has 1 heterocycles. The largest absolute Gasteiger partial charge is 0.376 e. The zero-order valence-corrected chi connectivity index (χ0v) is 10.0. The fraction of sp³-hybridized carbons (Fsp3) is 0.583. The van der Waals surface area contributed by atoms with Crippen LogP contribution in [0.4, 0.5) is 5.82 Å². The first-order valence-corrected chi connectivity index (χ1v) is 6.20. The Morgan fingerprint density at radius 2 is 2.25 bits per heavy atom. The van der Waals surface area contributed by atoms with Gasteiger partial charge in [-0.1, -0.05) is 24.4 Å². The van der Waals surface area contributed by atoms with E-state index in [0.717, 1.165) is 19.0 Å². The maximum atomic E-state index is 5.96. The van der Waals surface area contributed by atoms with Crippen molar-refractivity contribution in [3.8, 4) is 0 Å². The molecule has 0 unspecified atom stereocenters. The second-order valence-corrected chi connectivity index (χ2v) is 4.45. The lowest BCUT2D eigenvalue weighted by molar-refractivity contribution is 0.0659. The van der Waals surface area contributed by atoms with Crippen molar-refractivity contribution in [1.82, 2.24) is 4.98 Å². The topological polar surface area (TPSA) is 34.2 Å². The Kier molecular flexibility index (Phi) is 4.43. The van der Waals surface area contributed by atoms with Gasteiger partial charge in [-0.3, -0.25) is 0 Å². The van der Waals surface area contributed by atoms with E-state index in [-0.39, 0.29) is 0 Å². The fourth-order valence-electron chi connectivity index (χ4n) is 1.97. The Balaban J connectivity index is 1.66. The third-order valence-electron chi connectivity index (χ3n) is 2.81. The molecule has 1 aliphatic carbocycles. The standard InChI is InChI=1S/C12H17ClN2O/c13-11-6-3-7-14-12(11)15-8-9-16-10-4-1-2-5-10/h3,6-7,10H,1-2,4-5,8-9H2,(H,14,15). The van der Waals surface area contributed by atoms with Crippen molar-refractivity contribution in [1.29, 1.82) is 0 Å². The van der Waals surface area contributed by atoms with Crippen molar-refractivity contribution in [3.63, 3.8) is 0 Å². The molecule has 0 bridgehead atoms. The van der Waals surface area contributed by atoms with E-state index in [4.69, 9.17) is 16.3 Å². The molecule has 1 saturated carbocycles. The third-order valence-corrected chi connectivity index (χ3v) is 3.11. The van der Waals surface area contributed by atoms with Gasteiger partial charge in [-0.25, -0.2) is 4.98 Å². The van der Waals surface area contributed by atoms with Crippen molar-refractivity contribution in [2.45, 2.75) is 31.8 Å². The molecule has 0 amide bonds. The normalized spacial score (nSPS) is 16.6. The van der Waals surface area contributed by atoms with E-state index >= 15 is 0 Å². The summed E-state index contributed by atoms with van der Waals surface area (Å²) in [6, 6.07) is 3.65. The summed E-state index contributed by atoms with van der Waals surface area (Å²) < 4.78 is 5.73. The minimum Gasteiger partial charge on any atom is -0.376 e. The molecule has 1 N–H and O–H groups in total. The number of pyridine rings is 1. The molecule has 4 heteroatoms. The van der Waals surface area contributed by atoms with E-state index in [1.54, 1.807) is 6.20 Å². The Morgan fingerprint density at radius 3 is 3.00 bits per heavy atom. The smallest absolute Gasteiger partial charge is 0.144 e. The van der Waals surface area contributed by atoms with Crippen molar-refractivity contribution >= 4 is 17.4 Å². The number of hydrogen-bond acceptors (Lipinski definition) is 3. The lowest BCUT2D eigenvalue weighted by Gasteiger charge is -2.12. The van der Waals surface area contributed by atoms with Crippen LogP contribution in [-0.2, 0) is 4.74 Å². The van der Waals surface area contributed by atoms with Gasteiger partial charge in [-0.15, -0.1) is 0 Å². The average Bonchev–Trinajstić information content (AvgIpc) is 2.79. The van der Waals surface area contributed by atoms with Gasteiger partial charge in [0.05, 0.1) is 17.7 Å². The second kappa shape index (κ2) is 6.06. The molecule has 0 spiro atoms. The van der Waals surface area contributed by atoms with Gasteiger partial charge in [0.1, 0.15) is 5.82 Å². The van der Waals surface area contributed by atoms with E-state index in [0.29, 0.717) is 11.1 Å². The molecule has 1 fully saturated rings. The van der Waals surface area contributed by atoms with Crippen molar-refractivity contribution < 1.29 is 4.74 Å². The summed E-state index contributed by atoms with van der Waals surface area (Å²) in [5.74, 6) is 0.735. The van der Waals surface area contributed by atoms with Gasteiger partial charge in [-0.2, -0.15) is 0 Å². The number of hydrogen-bond donors (Lipinski definition) is 1. The minimum absolute atomic E-state index is 0.473. The number of halogens is 1. The third kappa shape index (κ3) is 3.35. The Labute approximate surface area is 101 Å². The average molecular weight is 241 g/mol. The van der Waals surface area contributed by atoms with Crippen molar-refractivity contribution in [2.75, 3.05) is 18.5 Å². The van der Waals surface area contributed by atoms with E-state index in [1.807, 2.05) is 12.1 Å². The summed E-state index contributed by atoms with van der Waals surface area (Å²) >= 11 is 5.96. The molecule has 0 atom stereocenters. The zero-order valence-electron chi connectivity index (χ0n) is 9.29. The van der Waals surface area contributed by atoms with Gasteiger partial charge in [0, 0.05) is 12.7 Å². The predicted octanol–water partition coefficient (Wildman–Crippen LogP) is 3.11. The van der Waals surface area contributed by atoms with Crippen LogP contribution in [-0.4, -0.2) is 24.2 Å². The molecular weight excluding hydrogens is 224 g/mol. The molecule has 0 aromatic carbocycles. The SMILES string of the molecule is Clc1cccnc1NCCOC1CCCC1. The van der Waals surface area contributed by atoms with Gasteiger partial charge >= 0.3 is 0 Å². The monoisotopic (exact) mass is 240 g/mol. The lowest BCUT2D eigenvalue weighted by Crippen LogP contribution is -2.15. The molecule has 88 valence electrons. The first-order chi connectivity index (χ1) is 7.86. The van der Waals surface area contributed by atoms with Gasteiger partial charge in [0.2, 0.25) is 0 Å². The summed E-state index contributed by atoms with van der Waals surface area (Å²) in [7, 11) is 0. The van der Waals surface area contributed by atoms with Crippen LogP contribution in [0, 0.1) is 0 Å². The molecule has 1 aromatic rings. The maximum Gasteiger partial charge on any atom is 0.144 e. The number of aromatic nitrogens is 1. The minimum atomic E-state index is 0.473. The van der Waals surface area contributed by atoms with Crippen LogP contribution in [0.1, 0.15) is 25.7 Å². The molecule has 0 aliphatic heterocycles. The predicted molar refractivity (Wildman–Crippen MR) is 65.9 cm³/mol. The van der Waals surface area contributed by atoms with Crippen LogP contribution in [0.25, 0.3) is 0 Å². The number of anilines is 1. The first kappa shape index (κ1) is 11.7. The van der Waals surface area contributed by atoms with Crippen LogP contribution in [0.2, 0.25) is 5.02 Å². The van der Waals surface area contributed by atoms with E-state index in [1.165, 1.54) is 25.7 Å². The van der Waals surface area contributed by atoms with Gasteiger partial charge < -0.3 is 10.1 Å². The van der Waals surface area contributed by atoms with Crippen LogP contribution in [0.3, 0.4) is 0 Å². The maximum absolute atomic E-state index is 5.96. The molecular formula is C12H17ClN2O. The van der Waals surface area contributed by atoms with E-state index < -0.39 is 0 Å². The van der Waals surface area contributed by atoms with E-state index in [2.05, 4.69) is 10.3 Å². The summed E-state index contributed by atoms with van der Waals surface area (Å²) in [6.07, 6.45) is 7.25. The van der Waals surface area contributed by atoms with Gasteiger partial charge in [0.15, 0.2) is 0 Å². The van der Waals surface area contributed by atoms with Crippen LogP contribution >= 0.6 is 11.6 Å². The molecule has 2 rings (SSSR count). The highest BCUT2D eigenvalue weighted by molar-refractivity contribution is 6.32. The van der Waals surface area contributed by atoms with E-state index in [9.17, 15) is 0 Å². The highest BCUT2D eigenvalue weighted by atomic mass is 35.5. The number of ether oxygens (including phenoxy) is 1. The number of nitrogens with zero attached hydrogens (tertiary/aromatic N) is 1. The Bertz CT molecular complexity index is 327. The highest BCUT2D eigenvalue weighted by Crippen LogP contribution is 2.21. The van der Waals surface area contributed by atoms with Gasteiger partial charge in [0.25, 0.3) is 0 Å². The fourth-order valence-corrected chi connectivity index (χ4v) is 2.15. The quantitative estimate of drug-likeness (QED) is 0.803. The van der Waals surface area contributed by atoms with Gasteiger partial charge in [-0.05, 0) is 25.0 Å². The van der Waals surface area contributed by atoms with Crippen LogP contribution in [0.5, 0.6) is 0 Å². The molecule has 1 aliphatic rings. The summed E-state index contributed by atoms with van der Waals surface area (Å²) in [4.78, 5) is 4.15. The number of rotatable bonds is 5. The highest BCUT2D eigenvalue weighted by Gasteiger charge is 2.14. The number of nitrogens with one attached hydrogen (secondary N) is 1. The summed E-state index contributed by atoms with van der Waals surface area (Å²) in [5.41, 5.74) is 0. The summed E-state index contributed by atoms with van der Waals surface area (Å²) in [6.45, 7) is 1.48. The summed E-state index contributed by atoms with van der Waals surface area (Å²) in [5, 5.41) is 3.82. The molecule has 0 radical (unpaired) electrons. The van der Waals surface area contributed by atoms with Crippen LogP contribution in [0.15, 0.2) is 18.3 Å². The van der Waals surface area contributed by atoms with Crippen molar-refractivity contribution in [3.05, 3.63) is 23.4 Å². The molecule has 16 heavy (non-hydrogen) atoms. The van der Waals surface area contributed by atoms with Crippen LogP contribution < -0.4 is 5.32 Å². The first-order valence-electron chi connectivity index (χ1n) is 5.82. The van der Waals surface area contributed by atoms with Crippen molar-refractivity contribution in [2.24, 2.45) is 0 Å².